The first kappa shape index (κ1) is 18.5. The normalized spacial score (nSPS) is 16.0. The number of benzene rings is 2. The largest absolute Gasteiger partial charge is 0.497 e. The minimum Gasteiger partial charge on any atom is -0.497 e. The molecule has 0 N–H and O–H groups in total. The molecule has 1 fully saturated rings. The molecule has 3 rings (SSSR count). The third-order valence-electron chi connectivity index (χ3n) is 5.04. The smallest absolute Gasteiger partial charge is 0.118 e. The molecule has 0 radical (unpaired) electrons. The van der Waals surface area contributed by atoms with Gasteiger partial charge >= 0.3 is 0 Å². The number of hydrazone groups is 1. The first-order valence-electron chi connectivity index (χ1n) is 9.28. The molecule has 4 nitrogen and oxygen atoms in total. The molecule has 1 saturated heterocycles. The molecule has 2 aromatic rings. The van der Waals surface area contributed by atoms with Crippen LogP contribution >= 0.6 is 0 Å². The van der Waals surface area contributed by atoms with Crippen molar-refractivity contribution >= 4 is 5.71 Å². The van der Waals surface area contributed by atoms with E-state index < -0.39 is 0 Å². The fourth-order valence-electron chi connectivity index (χ4n) is 3.36. The first-order chi connectivity index (χ1) is 12.5. The molecule has 0 aliphatic carbocycles. The molecule has 0 aromatic heterocycles. The van der Waals surface area contributed by atoms with E-state index in [4.69, 9.17) is 9.84 Å². The lowest BCUT2D eigenvalue weighted by molar-refractivity contribution is 0.130. The second-order valence-corrected chi connectivity index (χ2v) is 7.07. The van der Waals surface area contributed by atoms with E-state index in [0.29, 0.717) is 0 Å². The number of piperazine rings is 1. The third-order valence-corrected chi connectivity index (χ3v) is 5.04. The summed E-state index contributed by atoms with van der Waals surface area (Å²) in [7, 11) is 1.69. The highest BCUT2D eigenvalue weighted by Gasteiger charge is 2.16. The second-order valence-electron chi connectivity index (χ2n) is 7.07. The summed E-state index contributed by atoms with van der Waals surface area (Å²) in [5.74, 6) is 0.876. The van der Waals surface area contributed by atoms with Crippen LogP contribution in [0.25, 0.3) is 0 Å². The van der Waals surface area contributed by atoms with E-state index >= 15 is 0 Å². The maximum atomic E-state index is 5.22. The SMILES string of the molecule is COc1ccc(/C(C)=N\N2CCN(Cc3ccc(C)cc3C)CC2)cc1. The molecule has 138 valence electrons. The number of nitrogens with zero attached hydrogens (tertiary/aromatic N) is 3. The van der Waals surface area contributed by atoms with Crippen LogP contribution in [0.15, 0.2) is 47.6 Å². The molecule has 26 heavy (non-hydrogen) atoms. The highest BCUT2D eigenvalue weighted by atomic mass is 16.5. The molecule has 0 unspecified atom stereocenters. The van der Waals surface area contributed by atoms with Crippen molar-refractivity contribution in [2.75, 3.05) is 33.3 Å². The van der Waals surface area contributed by atoms with Crippen molar-refractivity contribution in [3.63, 3.8) is 0 Å². The lowest BCUT2D eigenvalue weighted by Gasteiger charge is -2.33. The number of hydrogen-bond donors (Lipinski definition) is 0. The summed E-state index contributed by atoms with van der Waals surface area (Å²) in [6.07, 6.45) is 0. The standard InChI is InChI=1S/C22H29N3O/c1-17-5-6-21(18(2)15-17)16-24-11-13-25(14-12-24)23-19(3)20-7-9-22(26-4)10-8-20/h5-10,15H,11-14,16H2,1-4H3/b23-19-. The predicted molar refractivity (Wildman–Crippen MR) is 108 cm³/mol. The second kappa shape index (κ2) is 8.37. The van der Waals surface area contributed by atoms with Gasteiger partial charge in [-0.05, 0) is 61.7 Å². The van der Waals surface area contributed by atoms with E-state index in [1.165, 1.54) is 16.7 Å². The Morgan fingerprint density at radius 1 is 1.00 bits per heavy atom. The van der Waals surface area contributed by atoms with E-state index in [1.54, 1.807) is 7.11 Å². The van der Waals surface area contributed by atoms with Crippen molar-refractivity contribution < 1.29 is 4.74 Å². The number of methoxy groups -OCH3 is 1. The number of hydrogen-bond acceptors (Lipinski definition) is 4. The summed E-state index contributed by atoms with van der Waals surface area (Å²) in [6.45, 7) is 11.5. The average molecular weight is 351 g/mol. The Hall–Kier alpha value is -2.33. The minimum atomic E-state index is 0.876. The summed E-state index contributed by atoms with van der Waals surface area (Å²) in [5, 5.41) is 7.01. The number of ether oxygens (including phenoxy) is 1. The summed E-state index contributed by atoms with van der Waals surface area (Å²) in [4.78, 5) is 2.52. The third kappa shape index (κ3) is 4.64. The molecular formula is C22H29N3O. The zero-order valence-electron chi connectivity index (χ0n) is 16.3. The van der Waals surface area contributed by atoms with Gasteiger partial charge in [0.1, 0.15) is 5.75 Å². The molecule has 1 heterocycles. The van der Waals surface area contributed by atoms with Crippen molar-refractivity contribution in [2.45, 2.75) is 27.3 Å². The van der Waals surface area contributed by atoms with Gasteiger partial charge < -0.3 is 4.74 Å². The van der Waals surface area contributed by atoms with E-state index in [9.17, 15) is 0 Å². The molecule has 1 aliphatic heterocycles. The molecule has 0 spiro atoms. The predicted octanol–water partition coefficient (Wildman–Crippen LogP) is 3.85. The zero-order valence-corrected chi connectivity index (χ0v) is 16.3. The van der Waals surface area contributed by atoms with Crippen molar-refractivity contribution in [3.05, 3.63) is 64.7 Å². The van der Waals surface area contributed by atoms with Crippen LogP contribution in [0.1, 0.15) is 29.2 Å². The zero-order chi connectivity index (χ0) is 18.5. The topological polar surface area (TPSA) is 28.1 Å². The Morgan fingerprint density at radius 2 is 1.69 bits per heavy atom. The molecule has 0 atom stereocenters. The van der Waals surface area contributed by atoms with Crippen LogP contribution in [0.3, 0.4) is 0 Å². The van der Waals surface area contributed by atoms with E-state index in [1.807, 2.05) is 12.1 Å². The van der Waals surface area contributed by atoms with Gasteiger partial charge in [0.25, 0.3) is 0 Å². The maximum absolute atomic E-state index is 5.22. The van der Waals surface area contributed by atoms with Gasteiger partial charge in [-0.2, -0.15) is 5.10 Å². The van der Waals surface area contributed by atoms with Crippen LogP contribution < -0.4 is 4.74 Å². The monoisotopic (exact) mass is 351 g/mol. The number of aryl methyl sites for hydroxylation is 2. The quantitative estimate of drug-likeness (QED) is 0.766. The van der Waals surface area contributed by atoms with Gasteiger partial charge in [-0.3, -0.25) is 9.91 Å². The Morgan fingerprint density at radius 3 is 2.31 bits per heavy atom. The Labute approximate surface area is 157 Å². The van der Waals surface area contributed by atoms with Crippen molar-refractivity contribution in [3.8, 4) is 5.75 Å². The van der Waals surface area contributed by atoms with Gasteiger partial charge in [-0.15, -0.1) is 0 Å². The summed E-state index contributed by atoms with van der Waals surface area (Å²) in [6, 6.07) is 14.8. The van der Waals surface area contributed by atoms with E-state index in [-0.39, 0.29) is 0 Å². The highest BCUT2D eigenvalue weighted by molar-refractivity contribution is 5.98. The Bertz CT molecular complexity index is 759. The lowest BCUT2D eigenvalue weighted by Crippen LogP contribution is -2.43. The van der Waals surface area contributed by atoms with E-state index in [2.05, 4.69) is 61.0 Å². The van der Waals surface area contributed by atoms with Gasteiger partial charge in [0.05, 0.1) is 12.8 Å². The molecule has 0 amide bonds. The van der Waals surface area contributed by atoms with Crippen LogP contribution in [-0.4, -0.2) is 48.9 Å². The first-order valence-corrected chi connectivity index (χ1v) is 9.28. The van der Waals surface area contributed by atoms with Crippen LogP contribution in [0, 0.1) is 13.8 Å². The molecule has 0 bridgehead atoms. The molecule has 0 saturated carbocycles. The van der Waals surface area contributed by atoms with Gasteiger partial charge in [-0.25, -0.2) is 0 Å². The lowest BCUT2D eigenvalue weighted by atomic mass is 10.1. The van der Waals surface area contributed by atoms with Gasteiger partial charge in [0.2, 0.25) is 0 Å². The van der Waals surface area contributed by atoms with Crippen molar-refractivity contribution in [1.29, 1.82) is 0 Å². The average Bonchev–Trinajstić information content (AvgIpc) is 2.65. The summed E-state index contributed by atoms with van der Waals surface area (Å²) in [5.41, 5.74) is 6.35. The molecular weight excluding hydrogens is 322 g/mol. The van der Waals surface area contributed by atoms with Crippen LogP contribution in [-0.2, 0) is 6.54 Å². The highest BCUT2D eigenvalue weighted by Crippen LogP contribution is 2.16. The van der Waals surface area contributed by atoms with Gasteiger partial charge in [-0.1, -0.05) is 23.8 Å². The minimum absolute atomic E-state index is 0.876. The molecule has 2 aromatic carbocycles. The maximum Gasteiger partial charge on any atom is 0.118 e. The van der Waals surface area contributed by atoms with Gasteiger partial charge in [0, 0.05) is 32.7 Å². The van der Waals surface area contributed by atoms with Crippen LogP contribution in [0.2, 0.25) is 0 Å². The fourth-order valence-corrected chi connectivity index (χ4v) is 3.36. The van der Waals surface area contributed by atoms with Crippen LogP contribution in [0.4, 0.5) is 0 Å². The molecule has 1 aliphatic rings. The Balaban J connectivity index is 1.55. The Kier molecular flexibility index (Phi) is 5.94. The fraction of sp³-hybridized carbons (Fsp3) is 0.409. The number of rotatable bonds is 5. The van der Waals surface area contributed by atoms with Crippen molar-refractivity contribution in [1.82, 2.24) is 9.91 Å². The van der Waals surface area contributed by atoms with E-state index in [0.717, 1.165) is 49.7 Å². The van der Waals surface area contributed by atoms with Gasteiger partial charge in [0.15, 0.2) is 0 Å². The molecule has 4 heteroatoms. The summed E-state index contributed by atoms with van der Waals surface area (Å²) >= 11 is 0. The van der Waals surface area contributed by atoms with Crippen molar-refractivity contribution in [2.24, 2.45) is 5.10 Å². The summed E-state index contributed by atoms with van der Waals surface area (Å²) < 4.78 is 5.22. The van der Waals surface area contributed by atoms with Crippen LogP contribution in [0.5, 0.6) is 5.75 Å².